The van der Waals surface area contributed by atoms with Crippen LogP contribution in [0, 0.1) is 5.92 Å². The number of rotatable bonds is 8. The molecule has 1 fully saturated rings. The molecule has 1 unspecified atom stereocenters. The van der Waals surface area contributed by atoms with Gasteiger partial charge in [-0.15, -0.1) is 11.3 Å². The third-order valence-electron chi connectivity index (χ3n) is 6.59. The minimum Gasteiger partial charge on any atom is -0.395 e. The van der Waals surface area contributed by atoms with Gasteiger partial charge in [0.2, 0.25) is 0 Å². The van der Waals surface area contributed by atoms with E-state index in [1.807, 2.05) is 6.07 Å². The van der Waals surface area contributed by atoms with Gasteiger partial charge in [-0.2, -0.15) is 0 Å². The molecule has 1 atom stereocenters. The average molecular weight is 459 g/mol. The van der Waals surface area contributed by atoms with E-state index in [-0.39, 0.29) is 12.6 Å². The first kappa shape index (κ1) is 22.0. The summed E-state index contributed by atoms with van der Waals surface area (Å²) in [6.45, 7) is 3.09. The van der Waals surface area contributed by atoms with E-state index in [9.17, 15) is 5.11 Å². The molecule has 3 heterocycles. The Balaban J connectivity index is 1.23. The number of nitrogens with one attached hydrogen (secondary N) is 1. The van der Waals surface area contributed by atoms with Crippen molar-refractivity contribution < 1.29 is 5.11 Å². The van der Waals surface area contributed by atoms with Crippen LogP contribution < -0.4 is 10.2 Å². The maximum Gasteiger partial charge on any atom is 0.141 e. The predicted molar refractivity (Wildman–Crippen MR) is 137 cm³/mol. The van der Waals surface area contributed by atoms with Gasteiger partial charge in [0.05, 0.1) is 12.0 Å². The lowest BCUT2D eigenvalue weighted by Crippen LogP contribution is -2.42. The van der Waals surface area contributed by atoms with E-state index < -0.39 is 0 Å². The van der Waals surface area contributed by atoms with Crippen molar-refractivity contribution in [3.63, 3.8) is 0 Å². The van der Waals surface area contributed by atoms with Gasteiger partial charge in [0, 0.05) is 30.1 Å². The monoisotopic (exact) mass is 458 g/mol. The second-order valence-corrected chi connectivity index (χ2v) is 9.66. The number of anilines is 1. The van der Waals surface area contributed by atoms with Gasteiger partial charge in [-0.25, -0.2) is 9.97 Å². The standard InChI is InChI=1S/C27H30N4OS/c32-17-23(15-20-7-3-1-4-8-20)28-16-21-11-13-31(14-12-21)26-25-24(22-9-5-2-6-10-22)18-33-27(25)30-19-29-26/h1-10,18-19,21,23,28,32H,11-17H2. The highest BCUT2D eigenvalue weighted by molar-refractivity contribution is 7.17. The van der Waals surface area contributed by atoms with Crippen molar-refractivity contribution in [2.75, 3.05) is 31.1 Å². The first-order valence-electron chi connectivity index (χ1n) is 11.7. The van der Waals surface area contributed by atoms with Gasteiger partial charge in [-0.1, -0.05) is 60.7 Å². The Kier molecular flexibility index (Phi) is 6.95. The topological polar surface area (TPSA) is 61.3 Å². The zero-order valence-electron chi connectivity index (χ0n) is 18.7. The molecular weight excluding hydrogens is 428 g/mol. The van der Waals surface area contributed by atoms with Crippen molar-refractivity contribution in [3.05, 3.63) is 77.9 Å². The van der Waals surface area contributed by atoms with Crippen LogP contribution in [-0.2, 0) is 6.42 Å². The van der Waals surface area contributed by atoms with Crippen LogP contribution >= 0.6 is 11.3 Å². The maximum absolute atomic E-state index is 9.82. The number of piperidine rings is 1. The van der Waals surface area contributed by atoms with Crippen LogP contribution in [0.15, 0.2) is 72.4 Å². The highest BCUT2D eigenvalue weighted by Gasteiger charge is 2.24. The van der Waals surface area contributed by atoms with Crippen LogP contribution in [0.5, 0.6) is 0 Å². The van der Waals surface area contributed by atoms with E-state index in [2.05, 4.69) is 75.2 Å². The molecule has 1 saturated heterocycles. The van der Waals surface area contributed by atoms with Gasteiger partial charge in [0.15, 0.2) is 0 Å². The number of aromatic nitrogens is 2. The molecule has 0 radical (unpaired) electrons. The largest absolute Gasteiger partial charge is 0.395 e. The lowest BCUT2D eigenvalue weighted by molar-refractivity contribution is 0.231. The summed E-state index contributed by atoms with van der Waals surface area (Å²) in [6, 6.07) is 21.0. The van der Waals surface area contributed by atoms with E-state index >= 15 is 0 Å². The van der Waals surface area contributed by atoms with Crippen molar-refractivity contribution in [1.82, 2.24) is 15.3 Å². The van der Waals surface area contributed by atoms with Crippen molar-refractivity contribution >= 4 is 27.4 Å². The second-order valence-electron chi connectivity index (χ2n) is 8.80. The highest BCUT2D eigenvalue weighted by Crippen LogP contribution is 2.38. The van der Waals surface area contributed by atoms with Crippen molar-refractivity contribution in [3.8, 4) is 11.1 Å². The fourth-order valence-corrected chi connectivity index (χ4v) is 5.62. The summed E-state index contributed by atoms with van der Waals surface area (Å²) >= 11 is 1.69. The summed E-state index contributed by atoms with van der Waals surface area (Å²) < 4.78 is 0. The molecule has 2 aromatic heterocycles. The Bertz CT molecular complexity index is 1160. The zero-order valence-corrected chi connectivity index (χ0v) is 19.5. The summed E-state index contributed by atoms with van der Waals surface area (Å²) in [7, 11) is 0. The summed E-state index contributed by atoms with van der Waals surface area (Å²) in [4.78, 5) is 12.7. The number of benzene rings is 2. The van der Waals surface area contributed by atoms with Crippen molar-refractivity contribution in [1.29, 1.82) is 0 Å². The average Bonchev–Trinajstić information content (AvgIpc) is 3.32. The molecule has 2 N–H and O–H groups in total. The molecule has 5 nitrogen and oxygen atoms in total. The van der Waals surface area contributed by atoms with E-state index in [0.717, 1.165) is 49.5 Å². The Morgan fingerprint density at radius 1 is 1.00 bits per heavy atom. The third-order valence-corrected chi connectivity index (χ3v) is 7.48. The molecule has 1 aliphatic heterocycles. The molecule has 33 heavy (non-hydrogen) atoms. The quantitative estimate of drug-likeness (QED) is 0.398. The number of hydrogen-bond acceptors (Lipinski definition) is 6. The smallest absolute Gasteiger partial charge is 0.141 e. The van der Waals surface area contributed by atoms with E-state index in [4.69, 9.17) is 4.98 Å². The van der Waals surface area contributed by atoms with Gasteiger partial charge >= 0.3 is 0 Å². The van der Waals surface area contributed by atoms with Gasteiger partial charge in [-0.3, -0.25) is 0 Å². The normalized spacial score (nSPS) is 15.7. The van der Waals surface area contributed by atoms with E-state index in [0.29, 0.717) is 5.92 Å². The Labute approximate surface area is 199 Å². The number of aliphatic hydroxyl groups excluding tert-OH is 1. The summed E-state index contributed by atoms with van der Waals surface area (Å²) in [6.07, 6.45) is 4.79. The first-order chi connectivity index (χ1) is 16.3. The number of hydrogen-bond donors (Lipinski definition) is 2. The van der Waals surface area contributed by atoms with Crippen LogP contribution in [-0.4, -0.2) is 47.4 Å². The van der Waals surface area contributed by atoms with E-state index in [1.54, 1.807) is 17.7 Å². The van der Waals surface area contributed by atoms with Gasteiger partial charge in [-0.05, 0) is 42.9 Å². The number of fused-ring (bicyclic) bond motifs is 1. The molecular formula is C27H30N4OS. The SMILES string of the molecule is OCC(Cc1ccccc1)NCC1CCN(c2ncnc3scc(-c4ccccc4)c23)CC1. The molecule has 0 aliphatic carbocycles. The van der Waals surface area contributed by atoms with Crippen molar-refractivity contribution in [2.45, 2.75) is 25.3 Å². The van der Waals surface area contributed by atoms with Crippen LogP contribution in [0.2, 0.25) is 0 Å². The lowest BCUT2D eigenvalue weighted by atomic mass is 9.95. The Morgan fingerprint density at radius 2 is 1.73 bits per heavy atom. The molecule has 0 amide bonds. The van der Waals surface area contributed by atoms with Crippen LogP contribution in [0.4, 0.5) is 5.82 Å². The number of thiophene rings is 1. The highest BCUT2D eigenvalue weighted by atomic mass is 32.1. The molecule has 6 heteroatoms. The fraction of sp³-hybridized carbons (Fsp3) is 0.333. The molecule has 170 valence electrons. The summed E-state index contributed by atoms with van der Waals surface area (Å²) in [5.41, 5.74) is 3.70. The predicted octanol–water partition coefficient (Wildman–Crippen LogP) is 4.77. The zero-order chi connectivity index (χ0) is 22.5. The molecule has 0 saturated carbocycles. The molecule has 5 rings (SSSR count). The van der Waals surface area contributed by atoms with Crippen LogP contribution in [0.3, 0.4) is 0 Å². The van der Waals surface area contributed by atoms with Gasteiger partial charge < -0.3 is 15.3 Å². The number of aliphatic hydroxyl groups is 1. The van der Waals surface area contributed by atoms with Crippen molar-refractivity contribution in [2.24, 2.45) is 5.92 Å². The Hall–Kier alpha value is -2.80. The molecule has 2 aromatic carbocycles. The lowest BCUT2D eigenvalue weighted by Gasteiger charge is -2.34. The molecule has 4 aromatic rings. The minimum absolute atomic E-state index is 0.103. The van der Waals surface area contributed by atoms with Crippen LogP contribution in [0.1, 0.15) is 18.4 Å². The third kappa shape index (κ3) is 5.08. The molecule has 0 bridgehead atoms. The Morgan fingerprint density at radius 3 is 2.45 bits per heavy atom. The summed E-state index contributed by atoms with van der Waals surface area (Å²) in [5.74, 6) is 1.67. The second kappa shape index (κ2) is 10.4. The first-order valence-corrected chi connectivity index (χ1v) is 12.6. The van der Waals surface area contributed by atoms with E-state index in [1.165, 1.54) is 22.1 Å². The fourth-order valence-electron chi connectivity index (χ4n) is 4.71. The van der Waals surface area contributed by atoms with Gasteiger partial charge in [0.25, 0.3) is 0 Å². The molecule has 0 spiro atoms. The minimum atomic E-state index is 0.103. The molecule has 1 aliphatic rings. The van der Waals surface area contributed by atoms with Crippen LogP contribution in [0.25, 0.3) is 21.3 Å². The van der Waals surface area contributed by atoms with Gasteiger partial charge in [0.1, 0.15) is 17.0 Å². The number of nitrogens with zero attached hydrogens (tertiary/aromatic N) is 3. The maximum atomic E-state index is 9.82. The summed E-state index contributed by atoms with van der Waals surface area (Å²) in [5, 5.41) is 16.8.